The minimum absolute atomic E-state index is 0.194. The third-order valence-electron chi connectivity index (χ3n) is 2.22. The minimum atomic E-state index is -0.194. The lowest BCUT2D eigenvalue weighted by Gasteiger charge is -2.08. The van der Waals surface area contributed by atoms with Crippen LogP contribution in [0.2, 0.25) is 0 Å². The van der Waals surface area contributed by atoms with Gasteiger partial charge < -0.3 is 10.1 Å². The molecule has 100 valence electrons. The number of carbonyl (C=O) groups is 1. The summed E-state index contributed by atoms with van der Waals surface area (Å²) in [5.41, 5.74) is 1.13. The Morgan fingerprint density at radius 2 is 2.33 bits per heavy atom. The number of nitrogens with zero attached hydrogens (tertiary/aromatic N) is 1. The molecule has 0 amide bonds. The standard InChI is InChI=1S/C13H20N2O2S/c1-3-7-14-9-11-6-5-8-15-13(11)18-10-12(16)17-4-2/h5-6,8,14H,3-4,7,9-10H2,1-2H3. The minimum Gasteiger partial charge on any atom is -0.465 e. The number of aromatic nitrogens is 1. The van der Waals surface area contributed by atoms with Gasteiger partial charge in [-0.15, -0.1) is 0 Å². The molecule has 1 rings (SSSR count). The van der Waals surface area contributed by atoms with E-state index < -0.39 is 0 Å². The van der Waals surface area contributed by atoms with Crippen molar-refractivity contribution >= 4 is 17.7 Å². The van der Waals surface area contributed by atoms with Crippen LogP contribution in [0.1, 0.15) is 25.8 Å². The largest absolute Gasteiger partial charge is 0.465 e. The van der Waals surface area contributed by atoms with E-state index in [9.17, 15) is 4.79 Å². The molecule has 1 aromatic rings. The molecule has 0 aliphatic rings. The highest BCUT2D eigenvalue weighted by molar-refractivity contribution is 7.99. The molecule has 0 aromatic carbocycles. The molecule has 0 spiro atoms. The van der Waals surface area contributed by atoms with Gasteiger partial charge in [-0.05, 0) is 31.5 Å². The number of esters is 1. The monoisotopic (exact) mass is 268 g/mol. The maximum Gasteiger partial charge on any atom is 0.316 e. The molecule has 0 fully saturated rings. The second kappa shape index (κ2) is 8.94. The van der Waals surface area contributed by atoms with Crippen LogP contribution in [0.4, 0.5) is 0 Å². The highest BCUT2D eigenvalue weighted by Gasteiger charge is 2.07. The van der Waals surface area contributed by atoms with E-state index in [1.807, 2.05) is 19.1 Å². The van der Waals surface area contributed by atoms with Gasteiger partial charge in [0.25, 0.3) is 0 Å². The van der Waals surface area contributed by atoms with Crippen molar-refractivity contribution in [3.63, 3.8) is 0 Å². The van der Waals surface area contributed by atoms with Crippen LogP contribution in [-0.4, -0.2) is 29.9 Å². The molecule has 0 aliphatic heterocycles. The summed E-state index contributed by atoms with van der Waals surface area (Å²) in [5, 5.41) is 4.23. The van der Waals surface area contributed by atoms with Gasteiger partial charge in [0.1, 0.15) is 5.03 Å². The molecule has 0 aliphatic carbocycles. The van der Waals surface area contributed by atoms with E-state index in [2.05, 4.69) is 17.2 Å². The lowest BCUT2D eigenvalue weighted by atomic mass is 10.3. The molecule has 0 unspecified atom stereocenters. The number of nitrogens with one attached hydrogen (secondary N) is 1. The van der Waals surface area contributed by atoms with E-state index in [1.54, 1.807) is 6.20 Å². The predicted octanol–water partition coefficient (Wildman–Crippen LogP) is 2.24. The second-order valence-corrected chi connectivity index (χ2v) is 4.70. The second-order valence-electron chi connectivity index (χ2n) is 3.74. The van der Waals surface area contributed by atoms with E-state index >= 15 is 0 Å². The lowest BCUT2D eigenvalue weighted by Crippen LogP contribution is -2.15. The summed E-state index contributed by atoms with van der Waals surface area (Å²) in [7, 11) is 0. The van der Waals surface area contributed by atoms with Crippen molar-refractivity contribution in [2.45, 2.75) is 31.8 Å². The first-order valence-corrected chi connectivity index (χ1v) is 7.19. The average molecular weight is 268 g/mol. The van der Waals surface area contributed by atoms with Gasteiger partial charge in [0.15, 0.2) is 0 Å². The molecular weight excluding hydrogens is 248 g/mol. The Balaban J connectivity index is 2.50. The molecule has 0 atom stereocenters. The number of ether oxygens (including phenoxy) is 1. The zero-order valence-corrected chi connectivity index (χ0v) is 11.8. The maximum atomic E-state index is 11.3. The van der Waals surface area contributed by atoms with Gasteiger partial charge >= 0.3 is 5.97 Å². The summed E-state index contributed by atoms with van der Waals surface area (Å²) in [5.74, 6) is 0.117. The molecule has 18 heavy (non-hydrogen) atoms. The Hall–Kier alpha value is -1.07. The van der Waals surface area contributed by atoms with Gasteiger partial charge in [-0.3, -0.25) is 4.79 Å². The highest BCUT2D eigenvalue weighted by Crippen LogP contribution is 2.19. The third-order valence-corrected chi connectivity index (χ3v) is 3.25. The fourth-order valence-corrected chi connectivity index (χ4v) is 2.22. The summed E-state index contributed by atoms with van der Waals surface area (Å²) >= 11 is 1.43. The number of pyridine rings is 1. The number of hydrogen-bond donors (Lipinski definition) is 1. The molecule has 0 saturated heterocycles. The number of hydrogen-bond acceptors (Lipinski definition) is 5. The summed E-state index contributed by atoms with van der Waals surface area (Å²) in [6.45, 7) is 6.13. The van der Waals surface area contributed by atoms with Crippen LogP contribution < -0.4 is 5.32 Å². The van der Waals surface area contributed by atoms with E-state index in [-0.39, 0.29) is 5.97 Å². The van der Waals surface area contributed by atoms with E-state index in [0.717, 1.165) is 30.1 Å². The zero-order valence-electron chi connectivity index (χ0n) is 10.9. The lowest BCUT2D eigenvalue weighted by molar-refractivity contribution is -0.139. The fourth-order valence-electron chi connectivity index (χ4n) is 1.42. The first-order chi connectivity index (χ1) is 8.77. The van der Waals surface area contributed by atoms with Crippen LogP contribution in [0.25, 0.3) is 0 Å². The fraction of sp³-hybridized carbons (Fsp3) is 0.538. The number of thioether (sulfide) groups is 1. The van der Waals surface area contributed by atoms with Crippen LogP contribution >= 0.6 is 11.8 Å². The quantitative estimate of drug-likeness (QED) is 0.445. The summed E-state index contributed by atoms with van der Waals surface area (Å²) in [4.78, 5) is 15.6. The Labute approximate surface area is 113 Å². The Morgan fingerprint density at radius 3 is 3.06 bits per heavy atom. The Morgan fingerprint density at radius 1 is 1.50 bits per heavy atom. The molecule has 1 heterocycles. The van der Waals surface area contributed by atoms with Gasteiger partial charge in [0, 0.05) is 12.7 Å². The predicted molar refractivity (Wildman–Crippen MR) is 73.6 cm³/mol. The average Bonchev–Trinajstić information content (AvgIpc) is 2.38. The third kappa shape index (κ3) is 5.51. The topological polar surface area (TPSA) is 51.2 Å². The van der Waals surface area contributed by atoms with Crippen molar-refractivity contribution in [3.05, 3.63) is 23.9 Å². The first kappa shape index (κ1) is 15.0. The first-order valence-electron chi connectivity index (χ1n) is 6.21. The normalized spacial score (nSPS) is 10.3. The van der Waals surface area contributed by atoms with Crippen molar-refractivity contribution in [3.8, 4) is 0 Å². The van der Waals surface area contributed by atoms with Crippen molar-refractivity contribution in [2.75, 3.05) is 18.9 Å². The molecule has 0 bridgehead atoms. The van der Waals surface area contributed by atoms with Gasteiger partial charge in [0.2, 0.25) is 0 Å². The van der Waals surface area contributed by atoms with Crippen molar-refractivity contribution in [2.24, 2.45) is 0 Å². The van der Waals surface area contributed by atoms with Crippen LogP contribution in [0.5, 0.6) is 0 Å². The molecule has 5 heteroatoms. The van der Waals surface area contributed by atoms with Crippen molar-refractivity contribution in [1.82, 2.24) is 10.3 Å². The van der Waals surface area contributed by atoms with E-state index in [0.29, 0.717) is 12.4 Å². The molecular formula is C13H20N2O2S. The van der Waals surface area contributed by atoms with Crippen LogP contribution in [0, 0.1) is 0 Å². The SMILES string of the molecule is CCCNCc1cccnc1SCC(=O)OCC. The summed E-state index contributed by atoms with van der Waals surface area (Å²) in [6.07, 6.45) is 2.85. The number of carbonyl (C=O) groups excluding carboxylic acids is 1. The Kier molecular flexibility index (Phi) is 7.44. The van der Waals surface area contributed by atoms with Gasteiger partial charge in [-0.2, -0.15) is 0 Å². The summed E-state index contributed by atoms with van der Waals surface area (Å²) < 4.78 is 4.90. The summed E-state index contributed by atoms with van der Waals surface area (Å²) in [6, 6.07) is 3.94. The van der Waals surface area contributed by atoms with Gasteiger partial charge in [0.05, 0.1) is 12.4 Å². The molecule has 1 N–H and O–H groups in total. The van der Waals surface area contributed by atoms with Gasteiger partial charge in [-0.25, -0.2) is 4.98 Å². The highest BCUT2D eigenvalue weighted by atomic mass is 32.2. The van der Waals surface area contributed by atoms with E-state index in [1.165, 1.54) is 11.8 Å². The van der Waals surface area contributed by atoms with Crippen LogP contribution in [0.3, 0.4) is 0 Å². The maximum absolute atomic E-state index is 11.3. The van der Waals surface area contributed by atoms with Crippen molar-refractivity contribution in [1.29, 1.82) is 0 Å². The van der Waals surface area contributed by atoms with Gasteiger partial charge in [-0.1, -0.05) is 24.8 Å². The molecule has 0 radical (unpaired) electrons. The number of rotatable bonds is 8. The zero-order chi connectivity index (χ0) is 13.2. The van der Waals surface area contributed by atoms with Crippen molar-refractivity contribution < 1.29 is 9.53 Å². The van der Waals surface area contributed by atoms with Crippen LogP contribution in [0.15, 0.2) is 23.4 Å². The Bertz CT molecular complexity index is 372. The molecule has 4 nitrogen and oxygen atoms in total. The molecule has 0 saturated carbocycles. The van der Waals surface area contributed by atoms with E-state index in [4.69, 9.17) is 4.74 Å². The van der Waals surface area contributed by atoms with Crippen LogP contribution in [-0.2, 0) is 16.1 Å². The smallest absolute Gasteiger partial charge is 0.316 e. The molecule has 1 aromatic heterocycles.